The predicted molar refractivity (Wildman–Crippen MR) is 172 cm³/mol. The van der Waals surface area contributed by atoms with Gasteiger partial charge in [0.1, 0.15) is 36.9 Å². The topological polar surface area (TPSA) is 309 Å². The van der Waals surface area contributed by atoms with Gasteiger partial charge in [-0.1, -0.05) is 74.5 Å². The minimum absolute atomic E-state index is 0. The van der Waals surface area contributed by atoms with Crippen molar-refractivity contribution >= 4 is 17.8 Å². The number of quaternary nitrogens is 1. The van der Waals surface area contributed by atoms with Gasteiger partial charge in [-0.2, -0.15) is 0 Å². The van der Waals surface area contributed by atoms with E-state index in [0.29, 0.717) is 13.2 Å². The molecule has 2 heterocycles. The van der Waals surface area contributed by atoms with Crippen molar-refractivity contribution in [3.05, 3.63) is 71.8 Å². The smallest absolute Gasteiger partial charge is 0.243 e. The Kier molecular flexibility index (Phi) is 20.1. The zero-order valence-electron chi connectivity index (χ0n) is 27.9. The first-order chi connectivity index (χ1) is 20.4. The molecule has 2 aromatic rings. The summed E-state index contributed by atoms with van der Waals surface area (Å²) in [5, 5.41) is 18.4. The summed E-state index contributed by atoms with van der Waals surface area (Å²) < 4.78 is 25.1. The van der Waals surface area contributed by atoms with E-state index in [9.17, 15) is 19.5 Å². The molecule has 2 aliphatic rings. The molecule has 16 heteroatoms. The molecule has 14 N–H and O–H groups in total. The molecule has 0 saturated carbocycles. The second-order valence-corrected chi connectivity index (χ2v) is 12.0. The number of carboxylic acid groups (broad SMARTS) is 1. The van der Waals surface area contributed by atoms with Gasteiger partial charge in [0, 0.05) is 5.56 Å². The van der Waals surface area contributed by atoms with Crippen molar-refractivity contribution in [2.75, 3.05) is 0 Å². The van der Waals surface area contributed by atoms with Crippen LogP contribution in [0.1, 0.15) is 52.2 Å². The second kappa shape index (κ2) is 20.7. The molecule has 0 spiro atoms. The van der Waals surface area contributed by atoms with E-state index < -0.39 is 60.4 Å². The highest BCUT2D eigenvalue weighted by molar-refractivity contribution is 5.90. The fourth-order valence-electron chi connectivity index (χ4n) is 5.38. The third-order valence-electron chi connectivity index (χ3n) is 7.63. The van der Waals surface area contributed by atoms with Crippen LogP contribution in [0.5, 0.6) is 0 Å². The van der Waals surface area contributed by atoms with Gasteiger partial charge in [-0.05, 0) is 32.3 Å². The third-order valence-corrected chi connectivity index (χ3v) is 7.63. The van der Waals surface area contributed by atoms with Gasteiger partial charge in [0.15, 0.2) is 12.1 Å². The SMILES string of the molecule is CC(C)[C@H](NC(=O)C[C@@H]([NH2+]Cc1ccccc1)[C@H]1O[C@@H]2OC(C)(C)O[C@@H]2[C@H]1OCc1ccccc1)C(=O)N[C@@H](C)C(=O)[O-].O.O.O.O.O. The number of aliphatic carboxylic acids is 1. The summed E-state index contributed by atoms with van der Waals surface area (Å²) in [6.07, 6.45) is -2.28. The first-order valence-corrected chi connectivity index (χ1v) is 14.8. The largest absolute Gasteiger partial charge is 0.548 e. The molecular formula is C32H53N3O13. The average Bonchev–Trinajstić information content (AvgIpc) is 3.44. The lowest BCUT2D eigenvalue weighted by molar-refractivity contribution is -0.711. The number of hydrogen-bond donors (Lipinski definition) is 3. The fraction of sp³-hybridized carbons (Fsp3) is 0.531. The number of rotatable bonds is 14. The minimum atomic E-state index is -1.41. The number of carbonyl (C=O) groups excluding carboxylic acids is 3. The highest BCUT2D eigenvalue weighted by Crippen LogP contribution is 2.40. The first kappa shape index (κ1) is 46.6. The molecule has 2 aromatic carbocycles. The third kappa shape index (κ3) is 12.5. The van der Waals surface area contributed by atoms with Gasteiger partial charge in [-0.3, -0.25) is 9.59 Å². The van der Waals surface area contributed by atoms with Crippen molar-refractivity contribution < 1.29 is 71.1 Å². The van der Waals surface area contributed by atoms with Crippen LogP contribution in [0.15, 0.2) is 60.7 Å². The van der Waals surface area contributed by atoms with Crippen molar-refractivity contribution in [1.29, 1.82) is 0 Å². The lowest BCUT2D eigenvalue weighted by Crippen LogP contribution is -2.92. The van der Waals surface area contributed by atoms with E-state index in [2.05, 4.69) is 10.6 Å². The lowest BCUT2D eigenvalue weighted by atomic mass is 9.98. The summed E-state index contributed by atoms with van der Waals surface area (Å²) in [7, 11) is 0. The maximum absolute atomic E-state index is 13.5. The molecule has 0 aliphatic carbocycles. The molecule has 0 radical (unpaired) electrons. The fourth-order valence-corrected chi connectivity index (χ4v) is 5.38. The molecule has 7 atom stereocenters. The van der Waals surface area contributed by atoms with E-state index >= 15 is 0 Å². The molecule has 2 amide bonds. The molecule has 48 heavy (non-hydrogen) atoms. The van der Waals surface area contributed by atoms with E-state index in [1.165, 1.54) is 6.92 Å². The molecule has 16 nitrogen and oxygen atoms in total. The molecule has 2 fully saturated rings. The quantitative estimate of drug-likeness (QED) is 0.177. The maximum atomic E-state index is 13.5. The number of fused-ring (bicyclic) bond motifs is 1. The zero-order valence-corrected chi connectivity index (χ0v) is 27.9. The Morgan fingerprint density at radius 3 is 1.98 bits per heavy atom. The van der Waals surface area contributed by atoms with Crippen LogP contribution < -0.4 is 21.1 Å². The number of carbonyl (C=O) groups is 3. The number of carboxylic acids is 1. The summed E-state index contributed by atoms with van der Waals surface area (Å²) in [6.45, 7) is 9.41. The van der Waals surface area contributed by atoms with E-state index in [1.54, 1.807) is 13.8 Å². The summed E-state index contributed by atoms with van der Waals surface area (Å²) in [5.74, 6) is -3.53. The maximum Gasteiger partial charge on any atom is 0.243 e. The van der Waals surface area contributed by atoms with Gasteiger partial charge in [-0.15, -0.1) is 0 Å². The van der Waals surface area contributed by atoms with Crippen molar-refractivity contribution in [2.45, 2.75) is 103 Å². The van der Waals surface area contributed by atoms with E-state index in [4.69, 9.17) is 18.9 Å². The van der Waals surface area contributed by atoms with Crippen LogP contribution in [0.3, 0.4) is 0 Å². The highest BCUT2D eigenvalue weighted by Gasteiger charge is 2.58. The molecule has 2 aliphatic heterocycles. The van der Waals surface area contributed by atoms with E-state index in [0.717, 1.165) is 11.1 Å². The normalized spacial score (nSPS) is 22.0. The summed E-state index contributed by atoms with van der Waals surface area (Å²) >= 11 is 0. The van der Waals surface area contributed by atoms with E-state index in [1.807, 2.05) is 79.8 Å². The van der Waals surface area contributed by atoms with Crippen LogP contribution in [-0.2, 0) is 46.5 Å². The Bertz CT molecular complexity index is 1240. The Labute approximate surface area is 280 Å². The lowest BCUT2D eigenvalue weighted by Gasteiger charge is -2.30. The summed E-state index contributed by atoms with van der Waals surface area (Å²) in [4.78, 5) is 37.5. The number of amides is 2. The molecule has 274 valence electrons. The van der Waals surface area contributed by atoms with Crippen LogP contribution in [0, 0.1) is 5.92 Å². The van der Waals surface area contributed by atoms with Gasteiger partial charge >= 0.3 is 0 Å². The molecule has 0 bridgehead atoms. The second-order valence-electron chi connectivity index (χ2n) is 12.0. The minimum Gasteiger partial charge on any atom is -0.548 e. The summed E-state index contributed by atoms with van der Waals surface area (Å²) in [5.41, 5.74) is 2.05. The van der Waals surface area contributed by atoms with Crippen LogP contribution in [-0.4, -0.2) is 93.7 Å². The van der Waals surface area contributed by atoms with Crippen LogP contribution in [0.25, 0.3) is 0 Å². The average molecular weight is 688 g/mol. The number of benzene rings is 2. The first-order valence-electron chi connectivity index (χ1n) is 14.8. The Hall–Kier alpha value is -3.55. The Balaban J connectivity index is 0. The highest BCUT2D eigenvalue weighted by atomic mass is 16.8. The molecule has 2 saturated heterocycles. The number of ether oxygens (including phenoxy) is 4. The van der Waals surface area contributed by atoms with Crippen LogP contribution >= 0.6 is 0 Å². The van der Waals surface area contributed by atoms with Gasteiger partial charge in [-0.25, -0.2) is 0 Å². The Morgan fingerprint density at radius 1 is 0.875 bits per heavy atom. The Morgan fingerprint density at radius 2 is 1.44 bits per heavy atom. The van der Waals surface area contributed by atoms with Gasteiger partial charge < -0.3 is 72.2 Å². The van der Waals surface area contributed by atoms with Gasteiger partial charge in [0.2, 0.25) is 11.8 Å². The van der Waals surface area contributed by atoms with Crippen molar-refractivity contribution in [3.63, 3.8) is 0 Å². The molecule has 0 aromatic heterocycles. The zero-order chi connectivity index (χ0) is 31.1. The number of hydrogen-bond acceptors (Lipinski definition) is 8. The van der Waals surface area contributed by atoms with Crippen LogP contribution in [0.4, 0.5) is 0 Å². The van der Waals surface area contributed by atoms with Crippen molar-refractivity contribution in [1.82, 2.24) is 10.6 Å². The van der Waals surface area contributed by atoms with Crippen LogP contribution in [0.2, 0.25) is 0 Å². The van der Waals surface area contributed by atoms with E-state index in [-0.39, 0.29) is 45.6 Å². The number of nitrogens with two attached hydrogens (primary N) is 1. The monoisotopic (exact) mass is 687 g/mol. The standard InChI is InChI=1S/C32H43N3O8.5H2O/c1-19(2)25(29(37)34-20(3)30(38)39)35-24(36)16-23(33-17-21-12-8-6-9-13-21)26-27(40-18-22-14-10-7-11-15-22)28-31(41-26)43-32(4,5)42-28;;;;;/h6-15,19-20,23,25-28,31,33H,16-18H2,1-5H3,(H,34,37)(H,35,36)(H,38,39);5*1H2/t20-,23+,25-,26+,27-,28+,31+;;;;;/m0...../s1. The summed E-state index contributed by atoms with van der Waals surface area (Å²) in [6, 6.07) is 17.1. The molecular weight excluding hydrogens is 634 g/mol. The predicted octanol–water partition coefficient (Wildman–Crippen LogP) is -3.76. The molecule has 4 rings (SSSR count). The van der Waals surface area contributed by atoms with Crippen molar-refractivity contribution in [3.8, 4) is 0 Å². The number of nitrogens with one attached hydrogen (secondary N) is 2. The van der Waals surface area contributed by atoms with Gasteiger partial charge in [0.05, 0.1) is 25.0 Å². The van der Waals surface area contributed by atoms with Crippen molar-refractivity contribution in [2.24, 2.45) is 5.92 Å². The molecule has 0 unspecified atom stereocenters. The van der Waals surface area contributed by atoms with Gasteiger partial charge in [0.25, 0.3) is 0 Å².